The number of sulfonamides is 1. The molecule has 0 unspecified atom stereocenters. The summed E-state index contributed by atoms with van der Waals surface area (Å²) in [6.45, 7) is 3.32. The molecule has 2 N–H and O–H groups in total. The van der Waals surface area contributed by atoms with Crippen molar-refractivity contribution < 1.29 is 22.7 Å². The van der Waals surface area contributed by atoms with E-state index in [-0.39, 0.29) is 23.5 Å². The fraction of sp³-hybridized carbons (Fsp3) is 0.182. The van der Waals surface area contributed by atoms with Crippen molar-refractivity contribution in [1.29, 1.82) is 0 Å². The molecule has 9 nitrogen and oxygen atoms in total. The Morgan fingerprint density at radius 3 is 2.12 bits per heavy atom. The SMILES string of the molecule is CCc1ccc(N(CC(=O)N/N=C\c2ccc(OCC(=O)N[C@H](C)c3ccccc3)cc2)S(=O)(=O)c2ccccc2)cc1. The van der Waals surface area contributed by atoms with E-state index in [4.69, 9.17) is 4.74 Å². The van der Waals surface area contributed by atoms with Crippen molar-refractivity contribution in [2.24, 2.45) is 5.10 Å². The predicted octanol–water partition coefficient (Wildman–Crippen LogP) is 4.85. The van der Waals surface area contributed by atoms with Crippen LogP contribution in [0.1, 0.15) is 36.6 Å². The van der Waals surface area contributed by atoms with Crippen molar-refractivity contribution in [3.05, 3.63) is 126 Å². The van der Waals surface area contributed by atoms with E-state index < -0.39 is 22.5 Å². The van der Waals surface area contributed by atoms with Gasteiger partial charge in [0.05, 0.1) is 22.8 Å². The zero-order chi connectivity index (χ0) is 30.7. The van der Waals surface area contributed by atoms with Crippen molar-refractivity contribution in [1.82, 2.24) is 10.7 Å². The second-order valence-corrected chi connectivity index (χ2v) is 11.6. The van der Waals surface area contributed by atoms with Crippen LogP contribution in [0.3, 0.4) is 0 Å². The van der Waals surface area contributed by atoms with Gasteiger partial charge in [0.15, 0.2) is 6.61 Å². The van der Waals surface area contributed by atoms with Gasteiger partial charge in [0.25, 0.3) is 21.8 Å². The van der Waals surface area contributed by atoms with Crippen LogP contribution in [0.15, 0.2) is 119 Å². The van der Waals surface area contributed by atoms with Gasteiger partial charge in [0.2, 0.25) is 0 Å². The van der Waals surface area contributed by atoms with E-state index >= 15 is 0 Å². The molecule has 0 bridgehead atoms. The molecule has 0 saturated carbocycles. The largest absolute Gasteiger partial charge is 0.484 e. The molecule has 1 atom stereocenters. The van der Waals surface area contributed by atoms with Gasteiger partial charge in [0, 0.05) is 0 Å². The van der Waals surface area contributed by atoms with Gasteiger partial charge in [-0.1, -0.05) is 67.6 Å². The van der Waals surface area contributed by atoms with Crippen molar-refractivity contribution in [2.45, 2.75) is 31.2 Å². The minimum absolute atomic E-state index is 0.0800. The summed E-state index contributed by atoms with van der Waals surface area (Å²) >= 11 is 0. The number of hydrogen-bond donors (Lipinski definition) is 2. The van der Waals surface area contributed by atoms with Crippen LogP contribution in [-0.2, 0) is 26.0 Å². The monoisotopic (exact) mass is 598 g/mol. The molecule has 0 aromatic heterocycles. The molecule has 0 aliphatic carbocycles. The maximum atomic E-state index is 13.4. The number of nitrogens with zero attached hydrogens (tertiary/aromatic N) is 2. The van der Waals surface area contributed by atoms with Crippen LogP contribution in [-0.4, -0.2) is 39.6 Å². The number of anilines is 1. The van der Waals surface area contributed by atoms with Crippen LogP contribution in [0.5, 0.6) is 5.75 Å². The summed E-state index contributed by atoms with van der Waals surface area (Å²) in [5.74, 6) is -0.347. The summed E-state index contributed by atoms with van der Waals surface area (Å²) in [7, 11) is -4.01. The molecular formula is C33H34N4O5S. The van der Waals surface area contributed by atoms with Crippen molar-refractivity contribution in [2.75, 3.05) is 17.5 Å². The minimum Gasteiger partial charge on any atom is -0.484 e. The molecule has 4 rings (SSSR count). The third-order valence-corrected chi connectivity index (χ3v) is 8.37. The topological polar surface area (TPSA) is 117 Å². The molecule has 4 aromatic rings. The normalized spacial score (nSPS) is 12.0. The highest BCUT2D eigenvalue weighted by atomic mass is 32.2. The molecule has 4 aromatic carbocycles. The van der Waals surface area contributed by atoms with E-state index in [1.807, 2.05) is 56.3 Å². The van der Waals surface area contributed by atoms with Gasteiger partial charge in [-0.25, -0.2) is 13.8 Å². The number of nitrogens with one attached hydrogen (secondary N) is 2. The molecule has 0 heterocycles. The fourth-order valence-corrected chi connectivity index (χ4v) is 5.63. The Labute approximate surface area is 252 Å². The van der Waals surface area contributed by atoms with Gasteiger partial charge in [-0.05, 0) is 78.6 Å². The number of carbonyl (C=O) groups excluding carboxylic acids is 2. The number of amides is 2. The van der Waals surface area contributed by atoms with Crippen LogP contribution in [0.25, 0.3) is 0 Å². The highest BCUT2D eigenvalue weighted by molar-refractivity contribution is 7.92. The van der Waals surface area contributed by atoms with Gasteiger partial charge in [-0.3, -0.25) is 13.9 Å². The third kappa shape index (κ3) is 8.76. The first-order valence-corrected chi connectivity index (χ1v) is 15.3. The van der Waals surface area contributed by atoms with Gasteiger partial charge in [0.1, 0.15) is 12.3 Å². The summed E-state index contributed by atoms with van der Waals surface area (Å²) in [6, 6.07) is 31.3. The van der Waals surface area contributed by atoms with E-state index in [1.165, 1.54) is 18.3 Å². The van der Waals surface area contributed by atoms with Gasteiger partial charge in [-0.15, -0.1) is 0 Å². The van der Waals surface area contributed by atoms with E-state index in [1.54, 1.807) is 54.6 Å². The lowest BCUT2D eigenvalue weighted by molar-refractivity contribution is -0.123. The Hall–Kier alpha value is -4.96. The Balaban J connectivity index is 1.33. The Bertz CT molecular complexity index is 1630. The number of aryl methyl sites for hydroxylation is 1. The number of carbonyl (C=O) groups is 2. The number of rotatable bonds is 13. The highest BCUT2D eigenvalue weighted by Gasteiger charge is 2.27. The standard InChI is InChI=1S/C33H34N4O5S/c1-3-26-14-18-29(19-15-26)37(43(40,41)31-12-8-5-9-13-31)23-32(38)36-34-22-27-16-20-30(21-17-27)42-24-33(39)35-25(2)28-10-6-4-7-11-28/h4-22,25H,3,23-24H2,1-2H3,(H,35,39)(H,36,38)/b34-22-/t25-/m1/s1. The fourth-order valence-electron chi connectivity index (χ4n) is 4.18. The summed E-state index contributed by atoms with van der Waals surface area (Å²) < 4.78 is 33.5. The van der Waals surface area contributed by atoms with E-state index in [2.05, 4.69) is 15.8 Å². The van der Waals surface area contributed by atoms with Gasteiger partial charge < -0.3 is 10.1 Å². The summed E-state index contributed by atoms with van der Waals surface area (Å²) in [5, 5.41) is 6.88. The Morgan fingerprint density at radius 1 is 0.860 bits per heavy atom. The first-order valence-electron chi connectivity index (χ1n) is 13.8. The maximum Gasteiger partial charge on any atom is 0.264 e. The van der Waals surface area contributed by atoms with Gasteiger partial charge >= 0.3 is 0 Å². The molecule has 0 spiro atoms. The molecule has 222 valence electrons. The second kappa shape index (κ2) is 14.8. The molecular weight excluding hydrogens is 564 g/mol. The number of hydrogen-bond acceptors (Lipinski definition) is 6. The Kier molecular flexibility index (Phi) is 10.7. The highest BCUT2D eigenvalue weighted by Crippen LogP contribution is 2.24. The van der Waals surface area contributed by atoms with Gasteiger partial charge in [-0.2, -0.15) is 5.10 Å². The van der Waals surface area contributed by atoms with Crippen LogP contribution in [0.2, 0.25) is 0 Å². The van der Waals surface area contributed by atoms with Crippen molar-refractivity contribution in [3.8, 4) is 5.75 Å². The molecule has 0 fully saturated rings. The zero-order valence-electron chi connectivity index (χ0n) is 24.0. The van der Waals surface area contributed by atoms with E-state index in [9.17, 15) is 18.0 Å². The first-order chi connectivity index (χ1) is 20.8. The lowest BCUT2D eigenvalue weighted by Gasteiger charge is -2.24. The zero-order valence-corrected chi connectivity index (χ0v) is 24.8. The predicted molar refractivity (Wildman–Crippen MR) is 167 cm³/mol. The maximum absolute atomic E-state index is 13.4. The molecule has 0 aliphatic heterocycles. The molecule has 0 radical (unpaired) electrons. The lowest BCUT2D eigenvalue weighted by atomic mass is 10.1. The van der Waals surface area contributed by atoms with E-state index in [0.29, 0.717) is 17.0 Å². The van der Waals surface area contributed by atoms with Crippen molar-refractivity contribution in [3.63, 3.8) is 0 Å². The number of hydrazone groups is 1. The molecule has 2 amide bonds. The van der Waals surface area contributed by atoms with Crippen molar-refractivity contribution >= 4 is 33.7 Å². The lowest BCUT2D eigenvalue weighted by Crippen LogP contribution is -2.39. The van der Waals surface area contributed by atoms with Crippen LogP contribution >= 0.6 is 0 Å². The smallest absolute Gasteiger partial charge is 0.264 e. The molecule has 43 heavy (non-hydrogen) atoms. The number of ether oxygens (including phenoxy) is 1. The van der Waals surface area contributed by atoms with Crippen LogP contribution < -0.4 is 19.8 Å². The number of benzene rings is 4. The van der Waals surface area contributed by atoms with Crippen LogP contribution in [0.4, 0.5) is 5.69 Å². The third-order valence-electron chi connectivity index (χ3n) is 6.58. The second-order valence-electron chi connectivity index (χ2n) is 9.70. The first kappa shape index (κ1) is 31.0. The molecule has 0 saturated heterocycles. The quantitative estimate of drug-likeness (QED) is 0.169. The van der Waals surface area contributed by atoms with E-state index in [0.717, 1.165) is 21.9 Å². The minimum atomic E-state index is -4.01. The average Bonchev–Trinajstić information content (AvgIpc) is 3.04. The van der Waals surface area contributed by atoms with Crippen LogP contribution in [0, 0.1) is 0 Å². The molecule has 10 heteroatoms. The Morgan fingerprint density at radius 2 is 1.49 bits per heavy atom. The molecule has 0 aliphatic rings. The summed E-state index contributed by atoms with van der Waals surface area (Å²) in [6.07, 6.45) is 2.24. The summed E-state index contributed by atoms with van der Waals surface area (Å²) in [4.78, 5) is 25.2. The average molecular weight is 599 g/mol. The summed E-state index contributed by atoms with van der Waals surface area (Å²) in [5.41, 5.74) is 5.49.